The van der Waals surface area contributed by atoms with Gasteiger partial charge in [-0.05, 0) is 80.8 Å². The van der Waals surface area contributed by atoms with Gasteiger partial charge in [0, 0.05) is 11.7 Å². The van der Waals surface area contributed by atoms with Crippen molar-refractivity contribution in [2.24, 2.45) is 23.7 Å². The average Bonchev–Trinajstić information content (AvgIpc) is 3.18. The van der Waals surface area contributed by atoms with E-state index in [9.17, 15) is 4.79 Å². The molecule has 3 heteroatoms. The molecule has 3 aliphatic carbocycles. The molecule has 0 spiro atoms. The van der Waals surface area contributed by atoms with E-state index in [0.29, 0.717) is 6.42 Å². The number of carboxylic acids is 1. The molecular weight excluding hydrogens is 316 g/mol. The van der Waals surface area contributed by atoms with Crippen LogP contribution in [-0.2, 0) is 4.79 Å². The predicted molar refractivity (Wildman–Crippen MR) is 102 cm³/mol. The molecular formula is C21H34O2S. The summed E-state index contributed by atoms with van der Waals surface area (Å²) in [7, 11) is 0. The lowest BCUT2D eigenvalue weighted by Crippen LogP contribution is -2.26. The fraction of sp³-hybridized carbons (Fsp3) is 0.857. The van der Waals surface area contributed by atoms with Gasteiger partial charge in [0.05, 0.1) is 0 Å². The third kappa shape index (κ3) is 5.03. The van der Waals surface area contributed by atoms with Gasteiger partial charge in [-0.25, -0.2) is 0 Å². The first-order valence-electron chi connectivity index (χ1n) is 10.2. The maximum atomic E-state index is 10.5. The van der Waals surface area contributed by atoms with E-state index < -0.39 is 5.97 Å². The number of carboxylic acid groups (broad SMARTS) is 1. The minimum Gasteiger partial charge on any atom is -0.481 e. The molecule has 1 N–H and O–H groups in total. The molecule has 136 valence electrons. The van der Waals surface area contributed by atoms with Crippen molar-refractivity contribution >= 4 is 17.7 Å². The summed E-state index contributed by atoms with van der Waals surface area (Å²) < 4.78 is 0. The number of hydrogen-bond acceptors (Lipinski definition) is 2. The van der Waals surface area contributed by atoms with Crippen LogP contribution < -0.4 is 0 Å². The Morgan fingerprint density at radius 3 is 2.62 bits per heavy atom. The van der Waals surface area contributed by atoms with Crippen LogP contribution >= 0.6 is 11.8 Å². The Hall–Kier alpha value is -0.440. The van der Waals surface area contributed by atoms with Crippen molar-refractivity contribution in [2.45, 2.75) is 82.3 Å². The maximum absolute atomic E-state index is 10.5. The van der Waals surface area contributed by atoms with Crippen molar-refractivity contribution in [1.29, 1.82) is 0 Å². The average molecular weight is 351 g/mol. The number of allylic oxidation sites excluding steroid dienone is 2. The Morgan fingerprint density at radius 1 is 1.04 bits per heavy atom. The molecule has 3 saturated carbocycles. The second kappa shape index (κ2) is 9.31. The first-order valence-corrected chi connectivity index (χ1v) is 11.3. The van der Waals surface area contributed by atoms with Crippen LogP contribution in [-0.4, -0.2) is 22.1 Å². The molecule has 0 amide bonds. The number of hydrogen-bond donors (Lipinski definition) is 1. The lowest BCUT2D eigenvalue weighted by molar-refractivity contribution is -0.137. The van der Waals surface area contributed by atoms with Crippen LogP contribution in [0.3, 0.4) is 0 Å². The van der Waals surface area contributed by atoms with Crippen LogP contribution in [0.2, 0.25) is 0 Å². The molecule has 0 aromatic rings. The molecule has 0 radical (unpaired) electrons. The topological polar surface area (TPSA) is 37.3 Å². The van der Waals surface area contributed by atoms with Gasteiger partial charge in [0.1, 0.15) is 0 Å². The molecule has 0 saturated heterocycles. The van der Waals surface area contributed by atoms with Gasteiger partial charge in [0.15, 0.2) is 0 Å². The summed E-state index contributed by atoms with van der Waals surface area (Å²) in [4.78, 5) is 10.5. The molecule has 0 heterocycles. The predicted octanol–water partition coefficient (Wildman–Crippen LogP) is 5.92. The van der Waals surface area contributed by atoms with Crippen LogP contribution in [0, 0.1) is 23.7 Å². The first-order chi connectivity index (χ1) is 11.7. The van der Waals surface area contributed by atoms with Crippen LogP contribution in [0.5, 0.6) is 0 Å². The van der Waals surface area contributed by atoms with E-state index >= 15 is 0 Å². The Balaban J connectivity index is 1.42. The fourth-order valence-corrected chi connectivity index (χ4v) is 7.22. The van der Waals surface area contributed by atoms with Crippen LogP contribution in [0.25, 0.3) is 0 Å². The van der Waals surface area contributed by atoms with Gasteiger partial charge in [-0.3, -0.25) is 4.79 Å². The van der Waals surface area contributed by atoms with Crippen molar-refractivity contribution in [3.05, 3.63) is 12.2 Å². The van der Waals surface area contributed by atoms with Crippen molar-refractivity contribution in [1.82, 2.24) is 0 Å². The smallest absolute Gasteiger partial charge is 0.303 e. The highest BCUT2D eigenvalue weighted by atomic mass is 32.2. The zero-order valence-electron chi connectivity index (χ0n) is 15.0. The molecule has 0 unspecified atom stereocenters. The molecule has 3 fully saturated rings. The molecule has 0 aromatic heterocycles. The monoisotopic (exact) mass is 350 g/mol. The molecule has 3 rings (SSSR count). The SMILES string of the molecule is O=C(O)CCCC=CC[C@@H]1[C@@H]2CC[C@@H](C2)[C@H]1SCC1CCCCC1. The van der Waals surface area contributed by atoms with Gasteiger partial charge in [0.2, 0.25) is 0 Å². The minimum absolute atomic E-state index is 0.304. The van der Waals surface area contributed by atoms with Crippen LogP contribution in [0.4, 0.5) is 0 Å². The van der Waals surface area contributed by atoms with Crippen molar-refractivity contribution in [3.63, 3.8) is 0 Å². The molecule has 0 aliphatic heterocycles. The fourth-order valence-electron chi connectivity index (χ4n) is 5.29. The summed E-state index contributed by atoms with van der Waals surface area (Å²) in [5.41, 5.74) is 0. The number of thioether (sulfide) groups is 1. The Bertz CT molecular complexity index is 428. The molecule has 24 heavy (non-hydrogen) atoms. The van der Waals surface area contributed by atoms with Crippen molar-refractivity contribution < 1.29 is 9.90 Å². The lowest BCUT2D eigenvalue weighted by atomic mass is 9.86. The highest BCUT2D eigenvalue weighted by Gasteiger charge is 2.46. The van der Waals surface area contributed by atoms with Gasteiger partial charge in [-0.2, -0.15) is 11.8 Å². The van der Waals surface area contributed by atoms with Crippen molar-refractivity contribution in [2.75, 3.05) is 5.75 Å². The third-order valence-electron chi connectivity index (χ3n) is 6.59. The highest BCUT2D eigenvalue weighted by Crippen LogP contribution is 2.54. The zero-order valence-corrected chi connectivity index (χ0v) is 15.8. The van der Waals surface area contributed by atoms with E-state index in [-0.39, 0.29) is 0 Å². The molecule has 2 bridgehead atoms. The molecule has 2 nitrogen and oxygen atoms in total. The molecule has 0 aromatic carbocycles. The Labute approximate surface area is 151 Å². The summed E-state index contributed by atoms with van der Waals surface area (Å²) in [6.45, 7) is 0. The highest BCUT2D eigenvalue weighted by molar-refractivity contribution is 7.99. The van der Waals surface area contributed by atoms with Gasteiger partial charge in [-0.15, -0.1) is 0 Å². The summed E-state index contributed by atoms with van der Waals surface area (Å²) >= 11 is 2.32. The van der Waals surface area contributed by atoms with Gasteiger partial charge in [0.25, 0.3) is 0 Å². The second-order valence-corrected chi connectivity index (χ2v) is 9.50. The zero-order chi connectivity index (χ0) is 16.8. The number of fused-ring (bicyclic) bond motifs is 2. The summed E-state index contributed by atoms with van der Waals surface area (Å²) in [6.07, 6.45) is 19.6. The van der Waals surface area contributed by atoms with Crippen LogP contribution in [0.1, 0.15) is 77.0 Å². The van der Waals surface area contributed by atoms with Gasteiger partial charge < -0.3 is 5.11 Å². The first kappa shape index (κ1) is 18.4. The van der Waals surface area contributed by atoms with Gasteiger partial charge >= 0.3 is 5.97 Å². The van der Waals surface area contributed by atoms with E-state index in [0.717, 1.165) is 41.8 Å². The Kier molecular flexibility index (Phi) is 7.12. The Morgan fingerprint density at radius 2 is 1.83 bits per heavy atom. The van der Waals surface area contributed by atoms with E-state index in [1.54, 1.807) is 0 Å². The molecule has 4 atom stereocenters. The number of carbonyl (C=O) groups is 1. The molecule has 3 aliphatic rings. The second-order valence-electron chi connectivity index (χ2n) is 8.29. The summed E-state index contributed by atoms with van der Waals surface area (Å²) in [5.74, 6) is 4.60. The summed E-state index contributed by atoms with van der Waals surface area (Å²) in [6, 6.07) is 0. The summed E-state index contributed by atoms with van der Waals surface area (Å²) in [5, 5.41) is 9.60. The standard InChI is InChI=1S/C21H34O2S/c22-20(23)11-7-2-1-6-10-19-17-12-13-18(14-17)21(19)24-15-16-8-4-3-5-9-16/h1,6,16-19,21H,2-5,7-15H2,(H,22,23)/t17-,18+,19-,21-/m1/s1. The maximum Gasteiger partial charge on any atom is 0.303 e. The van der Waals surface area contributed by atoms with Crippen molar-refractivity contribution in [3.8, 4) is 0 Å². The van der Waals surface area contributed by atoms with E-state index in [4.69, 9.17) is 5.11 Å². The number of unbranched alkanes of at least 4 members (excludes halogenated alkanes) is 1. The lowest BCUT2D eigenvalue weighted by Gasteiger charge is -2.32. The van der Waals surface area contributed by atoms with E-state index in [1.807, 2.05) is 0 Å². The van der Waals surface area contributed by atoms with Gasteiger partial charge in [-0.1, -0.05) is 31.4 Å². The number of aliphatic carboxylic acids is 1. The van der Waals surface area contributed by atoms with E-state index in [2.05, 4.69) is 23.9 Å². The normalized spacial score (nSPS) is 33.5. The quantitative estimate of drug-likeness (QED) is 0.414. The van der Waals surface area contributed by atoms with Crippen LogP contribution in [0.15, 0.2) is 12.2 Å². The minimum atomic E-state index is -0.671. The third-order valence-corrected chi connectivity index (χ3v) is 8.37. The largest absolute Gasteiger partial charge is 0.481 e. The van der Waals surface area contributed by atoms with E-state index in [1.165, 1.54) is 63.5 Å². The number of rotatable bonds is 9.